The molecule has 7 heteroatoms. The minimum absolute atomic E-state index is 0.0122. The normalized spacial score (nSPS) is 18.2. The summed E-state index contributed by atoms with van der Waals surface area (Å²) in [6.45, 7) is 1.92. The fourth-order valence-corrected chi connectivity index (χ4v) is 1.95. The third-order valence-corrected chi connectivity index (χ3v) is 3.06. The third-order valence-electron chi connectivity index (χ3n) is 3.06. The van der Waals surface area contributed by atoms with Crippen molar-refractivity contribution in [1.82, 2.24) is 5.32 Å². The fourth-order valence-electron chi connectivity index (χ4n) is 1.95. The van der Waals surface area contributed by atoms with Crippen LogP contribution in [0.25, 0.3) is 0 Å². The Kier molecular flexibility index (Phi) is 3.96. The highest BCUT2D eigenvalue weighted by Gasteiger charge is 2.18. The lowest BCUT2D eigenvalue weighted by Crippen LogP contribution is -2.29. The number of nitrogens with two attached hydrogens (primary N) is 1. The summed E-state index contributed by atoms with van der Waals surface area (Å²) >= 11 is 0. The van der Waals surface area contributed by atoms with Gasteiger partial charge in [0.15, 0.2) is 0 Å². The largest absolute Gasteiger partial charge is 0.393 e. The van der Waals surface area contributed by atoms with E-state index in [9.17, 15) is 14.9 Å². The Hall–Kier alpha value is -2.15. The van der Waals surface area contributed by atoms with Crippen LogP contribution >= 0.6 is 0 Å². The van der Waals surface area contributed by atoms with Crippen LogP contribution < -0.4 is 11.1 Å². The molecule has 7 nitrogen and oxygen atoms in total. The van der Waals surface area contributed by atoms with Gasteiger partial charge in [0.05, 0.1) is 11.5 Å². The smallest absolute Gasteiger partial charge is 0.292 e. The molecule has 1 amide bonds. The lowest BCUT2D eigenvalue weighted by molar-refractivity contribution is -0.383. The predicted octanol–water partition coefficient (Wildman–Crippen LogP) is 0.943. The van der Waals surface area contributed by atoms with Gasteiger partial charge >= 0.3 is 0 Å². The third kappa shape index (κ3) is 3.19. The number of nitrogen functional groups attached to an aromatic ring is 1. The van der Waals surface area contributed by atoms with E-state index >= 15 is 0 Å². The summed E-state index contributed by atoms with van der Waals surface area (Å²) in [4.78, 5) is 21.9. The summed E-state index contributed by atoms with van der Waals surface area (Å²) in [5, 5.41) is 13.4. The molecule has 0 aliphatic carbocycles. The highest BCUT2D eigenvalue weighted by atomic mass is 16.6. The molecule has 0 spiro atoms. The van der Waals surface area contributed by atoms with Crippen LogP contribution in [0.15, 0.2) is 18.2 Å². The number of carbonyl (C=O) groups is 1. The Bertz CT molecular complexity index is 498. The number of carbonyl (C=O) groups excluding carboxylic acids is 1. The zero-order valence-electron chi connectivity index (χ0n) is 10.3. The van der Waals surface area contributed by atoms with Crippen LogP contribution in [0.1, 0.15) is 16.8 Å². The number of nitrogens with one attached hydrogen (secondary N) is 1. The summed E-state index contributed by atoms with van der Waals surface area (Å²) < 4.78 is 5.21. The molecule has 1 fully saturated rings. The molecule has 1 saturated heterocycles. The summed E-state index contributed by atoms with van der Waals surface area (Å²) in [5.74, 6) is 0.0489. The molecular weight excluding hydrogens is 250 g/mol. The molecule has 1 atom stereocenters. The van der Waals surface area contributed by atoms with Gasteiger partial charge in [-0.3, -0.25) is 14.9 Å². The van der Waals surface area contributed by atoms with Crippen LogP contribution in [0.2, 0.25) is 0 Å². The average molecular weight is 265 g/mol. The summed E-state index contributed by atoms with van der Waals surface area (Å²) in [5.41, 5.74) is 5.65. The number of nitro groups is 1. The average Bonchev–Trinajstić information content (AvgIpc) is 2.88. The highest BCUT2D eigenvalue weighted by molar-refractivity contribution is 5.95. The number of ether oxygens (including phenoxy) is 1. The first-order valence-electron chi connectivity index (χ1n) is 5.98. The zero-order valence-corrected chi connectivity index (χ0v) is 10.3. The van der Waals surface area contributed by atoms with Gasteiger partial charge in [0, 0.05) is 30.7 Å². The molecule has 0 bridgehead atoms. The first-order valence-corrected chi connectivity index (χ1v) is 5.98. The number of amides is 1. The molecule has 19 heavy (non-hydrogen) atoms. The van der Waals surface area contributed by atoms with Crippen LogP contribution in [0.4, 0.5) is 11.4 Å². The molecule has 1 aliphatic heterocycles. The van der Waals surface area contributed by atoms with Crippen LogP contribution in [-0.4, -0.2) is 30.6 Å². The molecule has 0 aromatic heterocycles. The SMILES string of the molecule is Nc1cc(C(=O)NCC2CCOC2)ccc1[N+](=O)[O-]. The molecule has 1 aliphatic rings. The van der Waals surface area contributed by atoms with Crippen LogP contribution in [-0.2, 0) is 4.74 Å². The van der Waals surface area contributed by atoms with Crippen molar-refractivity contribution in [2.24, 2.45) is 5.92 Å². The van der Waals surface area contributed by atoms with Crippen molar-refractivity contribution >= 4 is 17.3 Å². The van der Waals surface area contributed by atoms with Gasteiger partial charge in [0.1, 0.15) is 5.69 Å². The number of hydrogen-bond donors (Lipinski definition) is 2. The molecule has 1 aromatic rings. The maximum atomic E-state index is 11.9. The molecule has 3 N–H and O–H groups in total. The predicted molar refractivity (Wildman–Crippen MR) is 68.8 cm³/mol. The first-order chi connectivity index (χ1) is 9.08. The molecular formula is C12H15N3O4. The van der Waals surface area contributed by atoms with E-state index in [1.807, 2.05) is 0 Å². The maximum Gasteiger partial charge on any atom is 0.292 e. The molecule has 1 aromatic carbocycles. The van der Waals surface area contributed by atoms with E-state index in [-0.39, 0.29) is 17.3 Å². The second-order valence-electron chi connectivity index (χ2n) is 4.47. The minimum atomic E-state index is -0.577. The van der Waals surface area contributed by atoms with Crippen molar-refractivity contribution in [3.8, 4) is 0 Å². The van der Waals surface area contributed by atoms with Gasteiger partial charge < -0.3 is 15.8 Å². The van der Waals surface area contributed by atoms with Gasteiger partial charge in [-0.05, 0) is 18.6 Å². The zero-order chi connectivity index (χ0) is 13.8. The van der Waals surface area contributed by atoms with E-state index in [1.165, 1.54) is 18.2 Å². The fraction of sp³-hybridized carbons (Fsp3) is 0.417. The van der Waals surface area contributed by atoms with Gasteiger partial charge in [-0.1, -0.05) is 0 Å². The van der Waals surface area contributed by atoms with Gasteiger partial charge in [-0.25, -0.2) is 0 Å². The van der Waals surface area contributed by atoms with Crippen LogP contribution in [0, 0.1) is 16.0 Å². The van der Waals surface area contributed by atoms with E-state index in [2.05, 4.69) is 5.32 Å². The Morgan fingerprint density at radius 3 is 2.95 bits per heavy atom. The lowest BCUT2D eigenvalue weighted by Gasteiger charge is -2.09. The standard InChI is InChI=1S/C12H15N3O4/c13-10-5-9(1-2-11(10)15(17)18)12(16)14-6-8-3-4-19-7-8/h1-2,5,8H,3-4,6-7,13H2,(H,14,16). The van der Waals surface area contributed by atoms with Crippen LogP contribution in [0.3, 0.4) is 0 Å². The molecule has 1 unspecified atom stereocenters. The lowest BCUT2D eigenvalue weighted by atomic mass is 10.1. The number of benzene rings is 1. The molecule has 2 rings (SSSR count). The molecule has 0 saturated carbocycles. The minimum Gasteiger partial charge on any atom is -0.393 e. The molecule has 102 valence electrons. The van der Waals surface area contributed by atoms with E-state index in [0.717, 1.165) is 13.0 Å². The van der Waals surface area contributed by atoms with Crippen molar-refractivity contribution in [3.05, 3.63) is 33.9 Å². The Morgan fingerprint density at radius 2 is 2.37 bits per heavy atom. The van der Waals surface area contributed by atoms with E-state index < -0.39 is 4.92 Å². The number of hydrogen-bond acceptors (Lipinski definition) is 5. The van der Waals surface area contributed by atoms with Crippen molar-refractivity contribution < 1.29 is 14.5 Å². The van der Waals surface area contributed by atoms with E-state index in [4.69, 9.17) is 10.5 Å². The second-order valence-corrected chi connectivity index (χ2v) is 4.47. The first kappa shape index (κ1) is 13.3. The Balaban J connectivity index is 1.98. The second kappa shape index (κ2) is 5.66. The van der Waals surface area contributed by atoms with Gasteiger partial charge in [-0.2, -0.15) is 0 Å². The van der Waals surface area contributed by atoms with Gasteiger partial charge in [-0.15, -0.1) is 0 Å². The van der Waals surface area contributed by atoms with Crippen LogP contribution in [0.5, 0.6) is 0 Å². The Morgan fingerprint density at radius 1 is 1.58 bits per heavy atom. The number of nitro benzene ring substituents is 1. The van der Waals surface area contributed by atoms with Crippen molar-refractivity contribution in [2.45, 2.75) is 6.42 Å². The molecule has 0 radical (unpaired) electrons. The van der Waals surface area contributed by atoms with E-state index in [0.29, 0.717) is 24.6 Å². The summed E-state index contributed by atoms with van der Waals surface area (Å²) in [6, 6.07) is 3.95. The highest BCUT2D eigenvalue weighted by Crippen LogP contribution is 2.22. The topological polar surface area (TPSA) is 107 Å². The van der Waals surface area contributed by atoms with Gasteiger partial charge in [0.25, 0.3) is 11.6 Å². The Labute approximate surface area is 109 Å². The quantitative estimate of drug-likeness (QED) is 0.478. The monoisotopic (exact) mass is 265 g/mol. The maximum absolute atomic E-state index is 11.9. The molecule has 1 heterocycles. The van der Waals surface area contributed by atoms with Crippen molar-refractivity contribution in [3.63, 3.8) is 0 Å². The van der Waals surface area contributed by atoms with E-state index in [1.54, 1.807) is 0 Å². The van der Waals surface area contributed by atoms with Gasteiger partial charge in [0.2, 0.25) is 0 Å². The number of rotatable bonds is 4. The summed E-state index contributed by atoms with van der Waals surface area (Å²) in [7, 11) is 0. The van der Waals surface area contributed by atoms with Crippen molar-refractivity contribution in [1.29, 1.82) is 0 Å². The number of anilines is 1. The van der Waals surface area contributed by atoms with Crippen molar-refractivity contribution in [2.75, 3.05) is 25.5 Å². The summed E-state index contributed by atoms with van der Waals surface area (Å²) in [6.07, 6.45) is 0.933. The number of nitrogens with zero attached hydrogens (tertiary/aromatic N) is 1.